The van der Waals surface area contributed by atoms with Gasteiger partial charge >= 0.3 is 15.5 Å². The molecule has 5 atom stereocenters. The first kappa shape index (κ1) is 35.3. The van der Waals surface area contributed by atoms with Gasteiger partial charge in [-0.1, -0.05) is 50.0 Å². The second kappa shape index (κ2) is 12.2. The fourth-order valence-electron chi connectivity index (χ4n) is 6.22. The fourth-order valence-corrected chi connectivity index (χ4v) is 7.91. The summed E-state index contributed by atoms with van der Waals surface area (Å²) in [6.45, 7) is 3.60. The van der Waals surface area contributed by atoms with Crippen molar-refractivity contribution in [1.29, 1.82) is 0 Å². The van der Waals surface area contributed by atoms with E-state index in [1.165, 1.54) is 0 Å². The number of aliphatic hydroxyl groups is 2. The highest BCUT2D eigenvalue weighted by Gasteiger charge is 2.73. The number of nitrogens with one attached hydrogen (secondary N) is 2. The van der Waals surface area contributed by atoms with Crippen LogP contribution in [0, 0.1) is 17.0 Å². The van der Waals surface area contributed by atoms with Crippen LogP contribution in [0.2, 0.25) is 10.0 Å². The molecule has 5 unspecified atom stereocenters. The van der Waals surface area contributed by atoms with E-state index in [4.69, 9.17) is 28.3 Å². The highest BCUT2D eigenvalue weighted by Crippen LogP contribution is 2.61. The van der Waals surface area contributed by atoms with E-state index < -0.39 is 104 Å². The summed E-state index contributed by atoms with van der Waals surface area (Å²) in [4.78, 5) is 28.2. The minimum atomic E-state index is -6.43. The number of hydrogen-bond donors (Lipinski definition) is 4. The molecule has 1 saturated heterocycles. The number of halogens is 7. The zero-order valence-corrected chi connectivity index (χ0v) is 26.4. The molecule has 2 aliphatic rings. The molecular weight excluding hydrogens is 672 g/mol. The maximum atomic E-state index is 15.1. The lowest BCUT2D eigenvalue weighted by Gasteiger charge is -2.39. The van der Waals surface area contributed by atoms with Gasteiger partial charge in [-0.25, -0.2) is 17.2 Å². The number of rotatable bonds is 8. The highest BCUT2D eigenvalue weighted by atomic mass is 35.5. The van der Waals surface area contributed by atoms with Crippen molar-refractivity contribution in [3.8, 4) is 0 Å². The van der Waals surface area contributed by atoms with Crippen molar-refractivity contribution in [2.45, 2.75) is 68.6 Å². The number of amides is 2. The zero-order valence-electron chi connectivity index (χ0n) is 24.1. The molecule has 0 radical (unpaired) electrons. The molecule has 2 amide bonds. The van der Waals surface area contributed by atoms with Crippen molar-refractivity contribution in [3.63, 3.8) is 0 Å². The second-order valence-corrected chi connectivity index (χ2v) is 14.9. The minimum Gasteiger partial charge on any atom is -0.394 e. The predicted molar refractivity (Wildman–Crippen MR) is 155 cm³/mol. The van der Waals surface area contributed by atoms with E-state index in [2.05, 4.69) is 10.6 Å². The standard InChI is InChI=1S/C28H30Cl2F5N3O6S/c1-26(2,3)11-21-27(15-9-19(32)17(30)10-20(15)37-25(27)42)22(13-4-5-18(31)16(29)8-13)23(24(41)36-7-6-14(40)12-39)38(21)45(43,44)28(33,34)35/h4-5,8-10,14,21-23,39-40H,6-7,11-12H2,1-3H3,(H,36,41)(H,37,42). The number of benzene rings is 2. The molecule has 0 saturated carbocycles. The van der Waals surface area contributed by atoms with Gasteiger partial charge in [-0.2, -0.15) is 17.5 Å². The first-order valence-electron chi connectivity index (χ1n) is 13.6. The van der Waals surface area contributed by atoms with E-state index in [-0.39, 0.29) is 27.5 Å². The molecule has 0 aromatic heterocycles. The summed E-state index contributed by atoms with van der Waals surface area (Å²) in [6, 6.07) is 0.403. The number of anilines is 1. The molecule has 2 aromatic carbocycles. The van der Waals surface area contributed by atoms with Crippen LogP contribution >= 0.6 is 23.2 Å². The molecule has 0 bridgehead atoms. The first-order chi connectivity index (χ1) is 20.7. The van der Waals surface area contributed by atoms with Crippen LogP contribution in [0.3, 0.4) is 0 Å². The molecule has 4 rings (SSSR count). The van der Waals surface area contributed by atoms with Gasteiger partial charge in [-0.05, 0) is 53.6 Å². The Hall–Kier alpha value is -2.56. The number of fused-ring (bicyclic) bond motifs is 2. The average molecular weight is 703 g/mol. The maximum Gasteiger partial charge on any atom is 0.511 e. The largest absolute Gasteiger partial charge is 0.511 e. The molecule has 4 N–H and O–H groups in total. The third-order valence-corrected chi connectivity index (χ3v) is 10.2. The minimum absolute atomic E-state index is 0.0564. The van der Waals surface area contributed by atoms with E-state index in [1.54, 1.807) is 20.8 Å². The Balaban J connectivity index is 2.14. The van der Waals surface area contributed by atoms with Gasteiger partial charge in [0.2, 0.25) is 11.8 Å². The van der Waals surface area contributed by atoms with Crippen molar-refractivity contribution in [1.82, 2.24) is 9.62 Å². The summed E-state index contributed by atoms with van der Waals surface area (Å²) in [7, 11) is -6.43. The van der Waals surface area contributed by atoms with Crippen LogP contribution in [0.4, 0.5) is 27.6 Å². The van der Waals surface area contributed by atoms with E-state index in [1.807, 2.05) is 0 Å². The van der Waals surface area contributed by atoms with Crippen LogP contribution in [0.1, 0.15) is 50.7 Å². The van der Waals surface area contributed by atoms with Gasteiger partial charge in [-0.15, -0.1) is 0 Å². The molecule has 17 heteroatoms. The lowest BCUT2D eigenvalue weighted by atomic mass is 9.62. The van der Waals surface area contributed by atoms with Crippen LogP contribution in [0.25, 0.3) is 0 Å². The fraction of sp³-hybridized carbons (Fsp3) is 0.500. The number of sulfonamides is 1. The van der Waals surface area contributed by atoms with Crippen molar-refractivity contribution in [2.75, 3.05) is 18.5 Å². The Morgan fingerprint density at radius 2 is 1.73 bits per heavy atom. The number of nitrogens with zero attached hydrogens (tertiary/aromatic N) is 1. The number of carbonyl (C=O) groups is 2. The lowest BCUT2D eigenvalue weighted by Crippen LogP contribution is -2.56. The second-order valence-electron chi connectivity index (χ2n) is 12.2. The van der Waals surface area contributed by atoms with Gasteiger partial charge in [0, 0.05) is 24.2 Å². The van der Waals surface area contributed by atoms with Gasteiger partial charge in [0.1, 0.15) is 23.1 Å². The van der Waals surface area contributed by atoms with Crippen molar-refractivity contribution in [2.24, 2.45) is 5.41 Å². The third kappa shape index (κ3) is 6.14. The molecule has 1 spiro atoms. The van der Waals surface area contributed by atoms with Gasteiger partial charge in [0.25, 0.3) is 0 Å². The summed E-state index contributed by atoms with van der Waals surface area (Å²) in [6.07, 6.45) is -2.04. The molecule has 45 heavy (non-hydrogen) atoms. The molecular formula is C28H30Cl2F5N3O6S. The Labute approximate surface area is 265 Å². The molecule has 2 aromatic rings. The Morgan fingerprint density at radius 3 is 2.29 bits per heavy atom. The summed E-state index contributed by atoms with van der Waals surface area (Å²) < 4.78 is 99.9. The van der Waals surface area contributed by atoms with E-state index in [0.29, 0.717) is 0 Å². The normalized spacial score (nSPS) is 24.5. The van der Waals surface area contributed by atoms with Gasteiger partial charge in [-0.3, -0.25) is 9.59 Å². The van der Waals surface area contributed by atoms with E-state index in [9.17, 15) is 40.7 Å². The van der Waals surface area contributed by atoms with Gasteiger partial charge in [0.05, 0.1) is 22.8 Å². The monoisotopic (exact) mass is 701 g/mol. The topological polar surface area (TPSA) is 136 Å². The van der Waals surface area contributed by atoms with Gasteiger partial charge < -0.3 is 20.8 Å². The zero-order chi connectivity index (χ0) is 33.9. The molecule has 2 heterocycles. The van der Waals surface area contributed by atoms with E-state index >= 15 is 4.39 Å². The van der Waals surface area contributed by atoms with Crippen molar-refractivity contribution >= 4 is 50.7 Å². The molecule has 248 valence electrons. The Kier molecular flexibility index (Phi) is 9.59. The van der Waals surface area contributed by atoms with Crippen molar-refractivity contribution < 1.29 is 50.2 Å². The van der Waals surface area contributed by atoms with Crippen LogP contribution in [-0.4, -0.2) is 71.6 Å². The molecule has 1 fully saturated rings. The molecule has 9 nitrogen and oxygen atoms in total. The number of aliphatic hydroxyl groups excluding tert-OH is 2. The molecule has 2 aliphatic heterocycles. The Bertz CT molecular complexity index is 1620. The number of alkyl halides is 3. The smallest absolute Gasteiger partial charge is 0.394 e. The van der Waals surface area contributed by atoms with Crippen molar-refractivity contribution in [3.05, 3.63) is 63.1 Å². The predicted octanol–water partition coefficient (Wildman–Crippen LogP) is 4.44. The SMILES string of the molecule is CC(C)(C)CC1N(S(=O)(=O)C(F)(F)F)C(C(=O)NCCC(O)CO)C(c2ccc(F)c(Cl)c2)C12C(=O)Nc1cc(Cl)c(F)cc12. The Morgan fingerprint density at radius 1 is 1.11 bits per heavy atom. The van der Waals surface area contributed by atoms with Crippen LogP contribution in [-0.2, 0) is 25.0 Å². The summed E-state index contributed by atoms with van der Waals surface area (Å²) in [5.41, 5.74) is -9.93. The number of carbonyl (C=O) groups excluding carboxylic acids is 2. The highest BCUT2D eigenvalue weighted by molar-refractivity contribution is 7.90. The van der Waals surface area contributed by atoms with E-state index in [0.717, 1.165) is 30.3 Å². The molecule has 0 aliphatic carbocycles. The van der Waals surface area contributed by atoms with Gasteiger partial charge in [0.15, 0.2) is 0 Å². The lowest BCUT2D eigenvalue weighted by molar-refractivity contribution is -0.125. The summed E-state index contributed by atoms with van der Waals surface area (Å²) in [5.74, 6) is -6.21. The average Bonchev–Trinajstić information content (AvgIpc) is 3.36. The van der Waals surface area contributed by atoms with Crippen LogP contribution in [0.5, 0.6) is 0 Å². The van der Waals surface area contributed by atoms with Crippen LogP contribution in [0.15, 0.2) is 30.3 Å². The quantitative estimate of drug-likeness (QED) is 0.301. The first-order valence-corrected chi connectivity index (χ1v) is 15.8. The maximum absolute atomic E-state index is 15.1. The summed E-state index contributed by atoms with van der Waals surface area (Å²) in [5, 5.41) is 22.7. The third-order valence-electron chi connectivity index (χ3n) is 7.98. The van der Waals surface area contributed by atoms with Crippen LogP contribution < -0.4 is 10.6 Å². The summed E-state index contributed by atoms with van der Waals surface area (Å²) >= 11 is 12.0. The number of hydrogen-bond acceptors (Lipinski definition) is 6.